The molecule has 0 aliphatic rings. The predicted octanol–water partition coefficient (Wildman–Crippen LogP) is 4.20. The SMILES string of the molecule is O=C(Nc1ccc(Br)nc1)C(Cc1ccccn1)c1ccccc1. The van der Waals surface area contributed by atoms with Crippen molar-refractivity contribution in [3.63, 3.8) is 0 Å². The summed E-state index contributed by atoms with van der Waals surface area (Å²) in [6, 6.07) is 19.1. The van der Waals surface area contributed by atoms with Gasteiger partial charge in [0.05, 0.1) is 17.8 Å². The quantitative estimate of drug-likeness (QED) is 0.673. The van der Waals surface area contributed by atoms with Gasteiger partial charge in [0.1, 0.15) is 4.60 Å². The first-order valence-corrected chi connectivity index (χ1v) is 8.39. The molecule has 0 aliphatic carbocycles. The Morgan fingerprint density at radius 1 is 1.00 bits per heavy atom. The molecule has 0 saturated heterocycles. The summed E-state index contributed by atoms with van der Waals surface area (Å²) in [6.45, 7) is 0. The van der Waals surface area contributed by atoms with Gasteiger partial charge in [0.25, 0.3) is 0 Å². The van der Waals surface area contributed by atoms with Crippen LogP contribution in [0.25, 0.3) is 0 Å². The van der Waals surface area contributed by atoms with Crippen LogP contribution in [0, 0.1) is 0 Å². The highest BCUT2D eigenvalue weighted by atomic mass is 79.9. The average Bonchev–Trinajstić information content (AvgIpc) is 2.63. The molecule has 4 nitrogen and oxygen atoms in total. The van der Waals surface area contributed by atoms with E-state index in [1.54, 1.807) is 18.5 Å². The number of carbonyl (C=O) groups is 1. The van der Waals surface area contributed by atoms with Crippen LogP contribution in [0.2, 0.25) is 0 Å². The lowest BCUT2D eigenvalue weighted by atomic mass is 9.93. The van der Waals surface area contributed by atoms with Crippen LogP contribution in [-0.4, -0.2) is 15.9 Å². The predicted molar refractivity (Wildman–Crippen MR) is 97.7 cm³/mol. The molecule has 0 saturated carbocycles. The molecular formula is C19H16BrN3O. The molecule has 0 bridgehead atoms. The molecule has 5 heteroatoms. The van der Waals surface area contributed by atoms with E-state index in [-0.39, 0.29) is 11.8 Å². The topological polar surface area (TPSA) is 54.9 Å². The number of rotatable bonds is 5. The van der Waals surface area contributed by atoms with Gasteiger partial charge >= 0.3 is 0 Å². The smallest absolute Gasteiger partial charge is 0.232 e. The van der Waals surface area contributed by atoms with Gasteiger partial charge in [-0.25, -0.2) is 4.98 Å². The second kappa shape index (κ2) is 7.84. The van der Waals surface area contributed by atoms with Gasteiger partial charge in [0.2, 0.25) is 5.91 Å². The molecule has 24 heavy (non-hydrogen) atoms. The molecule has 0 aliphatic heterocycles. The summed E-state index contributed by atoms with van der Waals surface area (Å²) in [6.07, 6.45) is 3.92. The number of nitrogens with zero attached hydrogens (tertiary/aromatic N) is 2. The maximum atomic E-state index is 12.8. The van der Waals surface area contributed by atoms with Crippen molar-refractivity contribution in [3.05, 3.63) is 88.9 Å². The number of benzene rings is 1. The van der Waals surface area contributed by atoms with E-state index in [9.17, 15) is 4.79 Å². The Bertz CT molecular complexity index is 792. The van der Waals surface area contributed by atoms with E-state index in [0.29, 0.717) is 12.1 Å². The first kappa shape index (κ1) is 16.3. The zero-order valence-electron chi connectivity index (χ0n) is 12.9. The summed E-state index contributed by atoms with van der Waals surface area (Å²) in [5.41, 5.74) is 2.52. The highest BCUT2D eigenvalue weighted by molar-refractivity contribution is 9.10. The summed E-state index contributed by atoms with van der Waals surface area (Å²) >= 11 is 3.29. The second-order valence-corrected chi connectivity index (χ2v) is 6.16. The van der Waals surface area contributed by atoms with Gasteiger partial charge in [-0.05, 0) is 45.8 Å². The molecule has 2 aromatic heterocycles. The Morgan fingerprint density at radius 2 is 1.79 bits per heavy atom. The summed E-state index contributed by atoms with van der Waals surface area (Å²) in [7, 11) is 0. The van der Waals surface area contributed by atoms with Crippen molar-refractivity contribution in [1.29, 1.82) is 0 Å². The van der Waals surface area contributed by atoms with Crippen LogP contribution in [0.15, 0.2) is 77.7 Å². The molecular weight excluding hydrogens is 366 g/mol. The van der Waals surface area contributed by atoms with Crippen LogP contribution in [0.4, 0.5) is 5.69 Å². The Balaban J connectivity index is 1.83. The molecule has 1 N–H and O–H groups in total. The fourth-order valence-corrected chi connectivity index (χ4v) is 2.69. The van der Waals surface area contributed by atoms with Crippen molar-refractivity contribution in [2.75, 3.05) is 5.32 Å². The van der Waals surface area contributed by atoms with Gasteiger partial charge in [-0.1, -0.05) is 36.4 Å². The lowest BCUT2D eigenvalue weighted by Gasteiger charge is -2.17. The molecule has 2 heterocycles. The number of hydrogen-bond donors (Lipinski definition) is 1. The third-order valence-electron chi connectivity index (χ3n) is 3.65. The fraction of sp³-hybridized carbons (Fsp3) is 0.105. The zero-order chi connectivity index (χ0) is 16.8. The molecule has 1 amide bonds. The second-order valence-electron chi connectivity index (χ2n) is 5.35. The maximum absolute atomic E-state index is 12.8. The molecule has 1 aromatic carbocycles. The number of hydrogen-bond acceptors (Lipinski definition) is 3. The molecule has 0 fully saturated rings. The van der Waals surface area contributed by atoms with Crippen LogP contribution in [0.5, 0.6) is 0 Å². The number of anilines is 1. The number of aromatic nitrogens is 2. The number of carbonyl (C=O) groups excluding carboxylic acids is 1. The van der Waals surface area contributed by atoms with E-state index in [2.05, 4.69) is 31.2 Å². The van der Waals surface area contributed by atoms with E-state index in [4.69, 9.17) is 0 Å². The zero-order valence-corrected chi connectivity index (χ0v) is 14.5. The first-order valence-electron chi connectivity index (χ1n) is 7.59. The molecule has 0 spiro atoms. The summed E-state index contributed by atoms with van der Waals surface area (Å²) in [4.78, 5) is 21.3. The molecule has 0 radical (unpaired) electrons. The maximum Gasteiger partial charge on any atom is 0.232 e. The molecule has 3 aromatic rings. The third kappa shape index (κ3) is 4.26. The molecule has 1 atom stereocenters. The molecule has 120 valence electrons. The highest BCUT2D eigenvalue weighted by Crippen LogP contribution is 2.22. The Labute approximate surface area is 149 Å². The van der Waals surface area contributed by atoms with Gasteiger partial charge in [-0.3, -0.25) is 9.78 Å². The van der Waals surface area contributed by atoms with Gasteiger partial charge in [-0.2, -0.15) is 0 Å². The van der Waals surface area contributed by atoms with Crippen molar-refractivity contribution in [1.82, 2.24) is 9.97 Å². The van der Waals surface area contributed by atoms with Crippen molar-refractivity contribution in [2.45, 2.75) is 12.3 Å². The minimum absolute atomic E-state index is 0.0732. The van der Waals surface area contributed by atoms with E-state index in [0.717, 1.165) is 15.9 Å². The fourth-order valence-electron chi connectivity index (χ4n) is 2.45. The lowest BCUT2D eigenvalue weighted by Crippen LogP contribution is -2.23. The van der Waals surface area contributed by atoms with E-state index in [1.807, 2.05) is 54.6 Å². The van der Waals surface area contributed by atoms with Crippen LogP contribution in [-0.2, 0) is 11.2 Å². The normalized spacial score (nSPS) is 11.7. The van der Waals surface area contributed by atoms with Crippen molar-refractivity contribution < 1.29 is 4.79 Å². The minimum atomic E-state index is -0.315. The Morgan fingerprint density at radius 3 is 2.46 bits per heavy atom. The molecule has 1 unspecified atom stereocenters. The van der Waals surface area contributed by atoms with Gasteiger partial charge in [-0.15, -0.1) is 0 Å². The summed E-state index contributed by atoms with van der Waals surface area (Å²) in [5, 5.41) is 2.94. The van der Waals surface area contributed by atoms with Crippen LogP contribution < -0.4 is 5.32 Å². The van der Waals surface area contributed by atoms with Crippen LogP contribution in [0.1, 0.15) is 17.2 Å². The highest BCUT2D eigenvalue weighted by Gasteiger charge is 2.21. The standard InChI is InChI=1S/C19H16BrN3O/c20-18-10-9-16(13-22-18)23-19(24)17(14-6-2-1-3-7-14)12-15-8-4-5-11-21-15/h1-11,13,17H,12H2,(H,23,24). The number of nitrogens with one attached hydrogen (secondary N) is 1. The Kier molecular flexibility index (Phi) is 5.33. The van der Waals surface area contributed by atoms with E-state index in [1.165, 1.54) is 0 Å². The van der Waals surface area contributed by atoms with Crippen molar-refractivity contribution >= 4 is 27.5 Å². The van der Waals surface area contributed by atoms with Gasteiger partial charge in [0, 0.05) is 18.3 Å². The van der Waals surface area contributed by atoms with Crippen molar-refractivity contribution in [2.24, 2.45) is 0 Å². The van der Waals surface area contributed by atoms with Gasteiger partial charge in [0.15, 0.2) is 0 Å². The number of pyridine rings is 2. The lowest BCUT2D eigenvalue weighted by molar-refractivity contribution is -0.117. The van der Waals surface area contributed by atoms with E-state index < -0.39 is 0 Å². The number of halogens is 1. The van der Waals surface area contributed by atoms with Gasteiger partial charge < -0.3 is 5.32 Å². The first-order chi connectivity index (χ1) is 11.7. The summed E-state index contributed by atoms with van der Waals surface area (Å²) < 4.78 is 0.730. The summed E-state index contributed by atoms with van der Waals surface area (Å²) in [5.74, 6) is -0.388. The van der Waals surface area contributed by atoms with Crippen LogP contribution in [0.3, 0.4) is 0 Å². The largest absolute Gasteiger partial charge is 0.324 e. The van der Waals surface area contributed by atoms with E-state index >= 15 is 0 Å². The third-order valence-corrected chi connectivity index (χ3v) is 4.12. The van der Waals surface area contributed by atoms with Crippen molar-refractivity contribution in [3.8, 4) is 0 Å². The monoisotopic (exact) mass is 381 g/mol. The number of amides is 1. The molecule has 3 rings (SSSR count). The van der Waals surface area contributed by atoms with Crippen LogP contribution >= 0.6 is 15.9 Å². The average molecular weight is 382 g/mol. The minimum Gasteiger partial charge on any atom is -0.324 e. The Hall–Kier alpha value is -2.53.